The Balaban J connectivity index is 1.66. The number of para-hydroxylation sites is 1. The molecule has 3 heterocycles. The first-order chi connectivity index (χ1) is 14.8. The lowest BCUT2D eigenvalue weighted by atomic mass is 10.1. The molecule has 0 unspecified atom stereocenters. The average molecular weight is 459 g/mol. The summed E-state index contributed by atoms with van der Waals surface area (Å²) in [5.74, 6) is 0.0190. The molecule has 2 aromatic heterocycles. The number of hydrogen-bond acceptors (Lipinski definition) is 5. The topological polar surface area (TPSA) is 84.3 Å². The van der Waals surface area contributed by atoms with Crippen LogP contribution in [0.1, 0.15) is 40.3 Å². The molecule has 7 nitrogen and oxygen atoms in total. The van der Waals surface area contributed by atoms with Crippen molar-refractivity contribution >= 4 is 33.0 Å². The highest BCUT2D eigenvalue weighted by Crippen LogP contribution is 2.33. The van der Waals surface area contributed by atoms with E-state index in [9.17, 15) is 13.2 Å². The highest BCUT2D eigenvalue weighted by molar-refractivity contribution is 7.92. The Hall–Kier alpha value is -2.65. The Morgan fingerprint density at radius 1 is 1.10 bits per heavy atom. The van der Waals surface area contributed by atoms with Crippen LogP contribution >= 0.6 is 11.3 Å². The van der Waals surface area contributed by atoms with Crippen molar-refractivity contribution in [3.8, 4) is 10.7 Å². The number of amides is 1. The minimum Gasteiger partial charge on any atom is -0.345 e. The van der Waals surface area contributed by atoms with Crippen molar-refractivity contribution in [1.29, 1.82) is 0 Å². The largest absolute Gasteiger partial charge is 0.345 e. The van der Waals surface area contributed by atoms with Gasteiger partial charge in [0.15, 0.2) is 0 Å². The molecule has 1 saturated heterocycles. The summed E-state index contributed by atoms with van der Waals surface area (Å²) < 4.78 is 30.4. The number of aromatic nitrogens is 2. The zero-order chi connectivity index (χ0) is 22.2. The van der Waals surface area contributed by atoms with Crippen molar-refractivity contribution in [1.82, 2.24) is 14.5 Å². The average Bonchev–Trinajstić information content (AvgIpc) is 3.29. The van der Waals surface area contributed by atoms with Gasteiger partial charge >= 0.3 is 0 Å². The molecule has 0 bridgehead atoms. The van der Waals surface area contributed by atoms with E-state index in [-0.39, 0.29) is 10.8 Å². The fraction of sp³-hybridized carbons (Fsp3) is 0.364. The first kappa shape index (κ1) is 21.6. The maximum Gasteiger partial charge on any atom is 0.265 e. The van der Waals surface area contributed by atoms with Gasteiger partial charge in [-0.05, 0) is 51.3 Å². The summed E-state index contributed by atoms with van der Waals surface area (Å²) in [6, 6.07) is 10.4. The molecule has 1 aromatic carbocycles. The van der Waals surface area contributed by atoms with Crippen molar-refractivity contribution in [2.24, 2.45) is 7.05 Å². The van der Waals surface area contributed by atoms with Gasteiger partial charge in [0, 0.05) is 31.5 Å². The van der Waals surface area contributed by atoms with E-state index >= 15 is 0 Å². The van der Waals surface area contributed by atoms with Gasteiger partial charge in [0.2, 0.25) is 0 Å². The minimum atomic E-state index is -3.76. The molecule has 0 saturated carbocycles. The Morgan fingerprint density at radius 3 is 2.45 bits per heavy atom. The van der Waals surface area contributed by atoms with E-state index in [0.29, 0.717) is 32.7 Å². The van der Waals surface area contributed by atoms with Crippen LogP contribution in [0.25, 0.3) is 10.7 Å². The van der Waals surface area contributed by atoms with Gasteiger partial charge in [-0.1, -0.05) is 18.2 Å². The zero-order valence-corrected chi connectivity index (χ0v) is 19.5. The van der Waals surface area contributed by atoms with E-state index in [0.717, 1.165) is 32.4 Å². The number of anilines is 1. The highest BCUT2D eigenvalue weighted by Gasteiger charge is 2.27. The van der Waals surface area contributed by atoms with E-state index in [1.54, 1.807) is 37.3 Å². The van der Waals surface area contributed by atoms with Gasteiger partial charge in [-0.2, -0.15) is 0 Å². The number of piperidine rings is 1. The fourth-order valence-corrected chi connectivity index (χ4v) is 6.25. The molecule has 9 heteroatoms. The normalized spacial score (nSPS) is 14.6. The standard InChI is InChI=1S/C22H26N4O3S2/c1-15-20(22(27)26-12-8-5-9-13-26)30-21(23-15)18-14-19(16(2)25(18)3)31(28,29)24-17-10-6-4-7-11-17/h4,6-7,10-11,14,24H,5,8-9,12-13H2,1-3H3. The van der Waals surface area contributed by atoms with Gasteiger partial charge in [0.25, 0.3) is 15.9 Å². The second-order valence-electron chi connectivity index (χ2n) is 7.80. The lowest BCUT2D eigenvalue weighted by Crippen LogP contribution is -2.35. The lowest BCUT2D eigenvalue weighted by Gasteiger charge is -2.26. The van der Waals surface area contributed by atoms with Crippen LogP contribution in [0.5, 0.6) is 0 Å². The summed E-state index contributed by atoms with van der Waals surface area (Å²) in [5, 5.41) is 0.643. The van der Waals surface area contributed by atoms with Crippen molar-refractivity contribution < 1.29 is 13.2 Å². The number of nitrogens with one attached hydrogen (secondary N) is 1. The fourth-order valence-electron chi connectivity index (χ4n) is 3.81. The number of benzene rings is 1. The predicted molar refractivity (Wildman–Crippen MR) is 123 cm³/mol. The number of nitrogens with zero attached hydrogens (tertiary/aromatic N) is 3. The van der Waals surface area contributed by atoms with Gasteiger partial charge in [-0.15, -0.1) is 11.3 Å². The van der Waals surface area contributed by atoms with Crippen LogP contribution in [0.15, 0.2) is 41.3 Å². The SMILES string of the molecule is Cc1nc(-c2cc(S(=O)(=O)Nc3ccccc3)c(C)n2C)sc1C(=O)N1CCCCC1. The molecule has 1 N–H and O–H groups in total. The number of rotatable bonds is 5. The molecule has 1 aliphatic rings. The molecule has 0 aliphatic carbocycles. The molecule has 0 spiro atoms. The van der Waals surface area contributed by atoms with Crippen LogP contribution in [0.3, 0.4) is 0 Å². The number of hydrogen-bond donors (Lipinski definition) is 1. The summed E-state index contributed by atoms with van der Waals surface area (Å²) in [6.07, 6.45) is 3.22. The van der Waals surface area contributed by atoms with Gasteiger partial charge in [0.05, 0.1) is 11.4 Å². The van der Waals surface area contributed by atoms with Gasteiger partial charge in [-0.3, -0.25) is 9.52 Å². The number of carbonyl (C=O) groups is 1. The molecular weight excluding hydrogens is 432 g/mol. The molecule has 0 atom stereocenters. The Bertz CT molecular complexity index is 1210. The van der Waals surface area contributed by atoms with Crippen LogP contribution in [0.2, 0.25) is 0 Å². The third-order valence-electron chi connectivity index (χ3n) is 5.66. The van der Waals surface area contributed by atoms with Crippen molar-refractivity contribution in [2.75, 3.05) is 17.8 Å². The smallest absolute Gasteiger partial charge is 0.265 e. The van der Waals surface area contributed by atoms with Crippen molar-refractivity contribution in [3.05, 3.63) is 52.7 Å². The summed E-state index contributed by atoms with van der Waals surface area (Å²) >= 11 is 1.33. The lowest BCUT2D eigenvalue weighted by molar-refractivity contribution is 0.0728. The molecule has 4 rings (SSSR count). The third kappa shape index (κ3) is 4.24. The minimum absolute atomic E-state index is 0.0190. The first-order valence-electron chi connectivity index (χ1n) is 10.3. The van der Waals surface area contributed by atoms with E-state index in [1.807, 2.05) is 29.5 Å². The molecule has 1 aliphatic heterocycles. The second-order valence-corrected chi connectivity index (χ2v) is 10.4. The van der Waals surface area contributed by atoms with E-state index in [1.165, 1.54) is 11.3 Å². The number of likely N-dealkylation sites (tertiary alicyclic amines) is 1. The van der Waals surface area contributed by atoms with E-state index < -0.39 is 10.0 Å². The molecule has 1 fully saturated rings. The van der Waals surface area contributed by atoms with Gasteiger partial charge in [0.1, 0.15) is 14.8 Å². The monoisotopic (exact) mass is 458 g/mol. The van der Waals surface area contributed by atoms with Crippen LogP contribution in [0, 0.1) is 13.8 Å². The Kier molecular flexibility index (Phi) is 5.90. The first-order valence-corrected chi connectivity index (χ1v) is 12.6. The van der Waals surface area contributed by atoms with E-state index in [4.69, 9.17) is 0 Å². The highest BCUT2D eigenvalue weighted by atomic mass is 32.2. The zero-order valence-electron chi connectivity index (χ0n) is 17.9. The number of aryl methyl sites for hydroxylation is 1. The molecule has 31 heavy (non-hydrogen) atoms. The molecule has 3 aromatic rings. The van der Waals surface area contributed by atoms with Crippen LogP contribution in [-0.2, 0) is 17.1 Å². The van der Waals surface area contributed by atoms with Gasteiger partial charge < -0.3 is 9.47 Å². The molecule has 164 valence electrons. The van der Waals surface area contributed by atoms with E-state index in [2.05, 4.69) is 9.71 Å². The predicted octanol–water partition coefficient (Wildman–Crippen LogP) is 4.19. The summed E-state index contributed by atoms with van der Waals surface area (Å²) in [5.41, 5.74) is 2.47. The maximum atomic E-state index is 13.0. The molecule has 0 radical (unpaired) electrons. The van der Waals surface area contributed by atoms with Crippen LogP contribution in [-0.4, -0.2) is 41.9 Å². The summed E-state index contributed by atoms with van der Waals surface area (Å²) in [4.78, 5) is 20.3. The number of sulfonamides is 1. The van der Waals surface area contributed by atoms with Crippen LogP contribution < -0.4 is 4.72 Å². The Morgan fingerprint density at radius 2 is 1.77 bits per heavy atom. The van der Waals surface area contributed by atoms with Crippen LogP contribution in [0.4, 0.5) is 5.69 Å². The number of thiazole rings is 1. The second kappa shape index (κ2) is 8.47. The van der Waals surface area contributed by atoms with Crippen molar-refractivity contribution in [3.63, 3.8) is 0 Å². The quantitative estimate of drug-likeness (QED) is 0.621. The third-order valence-corrected chi connectivity index (χ3v) is 8.32. The molecular formula is C22H26N4O3S2. The van der Waals surface area contributed by atoms with Gasteiger partial charge in [-0.25, -0.2) is 13.4 Å². The maximum absolute atomic E-state index is 13.0. The van der Waals surface area contributed by atoms with Crippen molar-refractivity contribution in [2.45, 2.75) is 38.0 Å². The summed E-state index contributed by atoms with van der Waals surface area (Å²) in [6.45, 7) is 5.16. The number of carbonyl (C=O) groups excluding carboxylic acids is 1. The molecule has 1 amide bonds. The Labute approximate surface area is 186 Å². The summed E-state index contributed by atoms with van der Waals surface area (Å²) in [7, 11) is -1.95.